The van der Waals surface area contributed by atoms with Crippen molar-refractivity contribution in [1.82, 2.24) is 41.0 Å². The molecule has 3 aromatic rings. The molecule has 434 valence electrons. The lowest BCUT2D eigenvalue weighted by atomic mass is 9.82. The first-order valence-corrected chi connectivity index (χ1v) is 26.8. The van der Waals surface area contributed by atoms with Gasteiger partial charge in [-0.15, -0.1) is 0 Å². The molecule has 79 heavy (non-hydrogen) atoms. The van der Waals surface area contributed by atoms with Crippen molar-refractivity contribution in [3.05, 3.63) is 83.7 Å². The van der Waals surface area contributed by atoms with Gasteiger partial charge in [0, 0.05) is 62.2 Å². The first kappa shape index (κ1) is 64.3. The number of urea groups is 1. The summed E-state index contributed by atoms with van der Waals surface area (Å²) in [7, 11) is 0. The Labute approximate surface area is 460 Å². The van der Waals surface area contributed by atoms with Crippen molar-refractivity contribution in [1.29, 1.82) is 0 Å². The summed E-state index contributed by atoms with van der Waals surface area (Å²) < 4.78 is 31.5. The van der Waals surface area contributed by atoms with Crippen LogP contribution in [0.4, 0.5) is 13.6 Å². The second-order valence-corrected chi connectivity index (χ2v) is 22.0. The third-order valence-electron chi connectivity index (χ3n) is 13.8. The molecule has 0 radical (unpaired) electrons. The number of likely N-dealkylation sites (tertiary alicyclic amines) is 1. The number of halogens is 2. The molecule has 0 aliphatic carbocycles. The van der Waals surface area contributed by atoms with Crippen molar-refractivity contribution in [3.8, 4) is 11.1 Å². The van der Waals surface area contributed by atoms with Crippen molar-refractivity contribution in [2.24, 2.45) is 28.2 Å². The number of primary amides is 1. The van der Waals surface area contributed by atoms with Gasteiger partial charge >= 0.3 is 12.0 Å². The maximum atomic E-state index is 15.2. The Morgan fingerprint density at radius 2 is 1.42 bits per heavy atom. The number of nitrogens with zero attached hydrogens (tertiary/aromatic N) is 3. The van der Waals surface area contributed by atoms with Crippen LogP contribution in [0.3, 0.4) is 0 Å². The van der Waals surface area contributed by atoms with E-state index in [1.54, 1.807) is 40.0 Å². The molecular formula is C56H80F2N10O11. The minimum absolute atomic E-state index is 0.0193. The molecule has 1 aromatic heterocycles. The molecule has 4 unspecified atom stereocenters. The average molecular weight is 1110 g/mol. The molecule has 2 aromatic carbocycles. The number of benzene rings is 2. The van der Waals surface area contributed by atoms with E-state index in [1.807, 2.05) is 55.7 Å². The normalized spacial score (nSPS) is 15.0. The first-order chi connectivity index (χ1) is 37.2. The SMILES string of the molecule is CC(C)[C@H](NC(=O)CCCCCN1C(=O)C(C)(C)C1=O)C(=O)NC(CCCNC(N)=O)C(=O)NC(CCCCNC(=O)C(N)CCN(C(=O)CO)C(c1cc(-c2cc(F)ccc2F)cn1Cc1ccccc1)C(C)(C)C)C(=O)O. The highest BCUT2D eigenvalue weighted by atomic mass is 19.1. The number of aromatic nitrogens is 1. The number of nitrogens with one attached hydrogen (secondary N) is 5. The molecule has 0 bridgehead atoms. The summed E-state index contributed by atoms with van der Waals surface area (Å²) in [5, 5.41) is 33.3. The largest absolute Gasteiger partial charge is 0.480 e. The highest BCUT2D eigenvalue weighted by Gasteiger charge is 2.53. The van der Waals surface area contributed by atoms with Crippen molar-refractivity contribution < 1.29 is 62.1 Å². The molecule has 1 fully saturated rings. The lowest BCUT2D eigenvalue weighted by Gasteiger charge is -2.41. The Bertz CT molecular complexity index is 2600. The van der Waals surface area contributed by atoms with Gasteiger partial charge < -0.3 is 57.7 Å². The predicted molar refractivity (Wildman–Crippen MR) is 290 cm³/mol. The van der Waals surface area contributed by atoms with Crippen molar-refractivity contribution in [3.63, 3.8) is 0 Å². The number of rotatable bonds is 32. The Morgan fingerprint density at radius 1 is 0.772 bits per heavy atom. The number of carbonyl (C=O) groups is 9. The van der Waals surface area contributed by atoms with E-state index in [1.165, 1.54) is 9.80 Å². The minimum Gasteiger partial charge on any atom is -0.480 e. The highest BCUT2D eigenvalue weighted by Crippen LogP contribution is 2.41. The number of amides is 9. The standard InChI is InChI=1S/C56H80F2N10O11/c1-34(2)46(65-44(70)21-12-9-15-27-68-52(77)56(6,7)53(68)78)50(74)63-41(20-16-26-62-54(60)79)49(73)64-42(51(75)76)19-13-14-25-61-48(72)40(59)24-28-67(45(71)33-69)47(55(3,4)5)43-29-36(38-30-37(57)22-23-39(38)58)32-66(43)31-35-17-10-8-11-18-35/h8,10-11,17-18,22-23,29-30,32,34,40-42,46-47,69H,9,12-16,19-21,24-28,31,33,59H2,1-7H3,(H,61,72)(H,63,74)(H,64,73)(H,65,70)(H,75,76)(H3,60,62,79)/t40?,41?,42?,46-,47?/m0/s1. The van der Waals surface area contributed by atoms with E-state index in [0.717, 1.165) is 23.8 Å². The summed E-state index contributed by atoms with van der Waals surface area (Å²) in [5.74, 6) is -6.75. The number of aliphatic hydroxyl groups excluding tert-OH is 1. The minimum atomic E-state index is -1.42. The monoisotopic (exact) mass is 1110 g/mol. The van der Waals surface area contributed by atoms with Gasteiger partial charge in [0.15, 0.2) is 0 Å². The summed E-state index contributed by atoms with van der Waals surface area (Å²) in [6.07, 6.45) is 3.65. The molecule has 0 spiro atoms. The van der Waals surface area contributed by atoms with Crippen LogP contribution in [0.1, 0.15) is 130 Å². The zero-order valence-electron chi connectivity index (χ0n) is 46.4. The van der Waals surface area contributed by atoms with Crippen molar-refractivity contribution in [2.75, 3.05) is 32.8 Å². The first-order valence-electron chi connectivity index (χ1n) is 26.8. The molecule has 1 saturated heterocycles. The van der Waals surface area contributed by atoms with Gasteiger partial charge in [-0.3, -0.25) is 38.5 Å². The fourth-order valence-corrected chi connectivity index (χ4v) is 9.43. The van der Waals surface area contributed by atoms with E-state index >= 15 is 4.39 Å². The van der Waals surface area contributed by atoms with Gasteiger partial charge in [0.1, 0.15) is 41.8 Å². The number of unbranched alkanes of at least 4 members (excludes halogenated alkanes) is 3. The summed E-state index contributed by atoms with van der Waals surface area (Å²) in [6, 6.07) is 7.76. The van der Waals surface area contributed by atoms with Crippen LogP contribution < -0.4 is 38.1 Å². The molecule has 5 atom stereocenters. The van der Waals surface area contributed by atoms with Crippen molar-refractivity contribution in [2.45, 2.75) is 149 Å². The van der Waals surface area contributed by atoms with Gasteiger partial charge in [-0.2, -0.15) is 0 Å². The molecule has 21 nitrogen and oxygen atoms in total. The Kier molecular flexibility index (Phi) is 24.1. The van der Waals surface area contributed by atoms with Crippen LogP contribution in [0, 0.1) is 28.4 Å². The molecule has 4 rings (SSSR count). The maximum Gasteiger partial charge on any atom is 0.326 e. The number of nitrogens with two attached hydrogens (primary N) is 2. The number of carboxylic acid groups (broad SMARTS) is 1. The maximum absolute atomic E-state index is 15.2. The Balaban J connectivity index is 1.34. The third kappa shape index (κ3) is 18.7. The number of β-lactam (4-membered cyclic amide) rings is 2. The smallest absolute Gasteiger partial charge is 0.326 e. The second-order valence-electron chi connectivity index (χ2n) is 22.0. The van der Waals surface area contributed by atoms with Crippen LogP contribution in [-0.2, 0) is 44.9 Å². The Hall–Kier alpha value is -7.27. The van der Waals surface area contributed by atoms with E-state index < -0.39 is 107 Å². The van der Waals surface area contributed by atoms with Crippen LogP contribution >= 0.6 is 0 Å². The number of carboxylic acids is 1. The molecule has 0 saturated carbocycles. The van der Waals surface area contributed by atoms with Crippen LogP contribution in [0.25, 0.3) is 11.1 Å². The summed E-state index contributed by atoms with van der Waals surface area (Å²) in [6.45, 7) is 11.9. The van der Waals surface area contributed by atoms with Crippen LogP contribution in [0.15, 0.2) is 60.8 Å². The second kappa shape index (κ2) is 29.6. The van der Waals surface area contributed by atoms with Crippen LogP contribution in [0.2, 0.25) is 0 Å². The number of hydrogen-bond donors (Lipinski definition) is 9. The van der Waals surface area contributed by atoms with Gasteiger partial charge in [0.2, 0.25) is 41.4 Å². The number of hydrogen-bond acceptors (Lipinski definition) is 11. The number of aliphatic carboxylic acids is 1. The number of carbonyl (C=O) groups excluding carboxylic acids is 8. The van der Waals surface area contributed by atoms with Crippen molar-refractivity contribution >= 4 is 53.4 Å². The predicted octanol–water partition coefficient (Wildman–Crippen LogP) is 3.99. The number of aliphatic hydroxyl groups is 1. The highest BCUT2D eigenvalue weighted by molar-refractivity contribution is 6.20. The summed E-state index contributed by atoms with van der Waals surface area (Å²) in [4.78, 5) is 118. The van der Waals surface area contributed by atoms with Gasteiger partial charge in [0.25, 0.3) is 0 Å². The molecule has 11 N–H and O–H groups in total. The molecule has 1 aliphatic rings. The van der Waals surface area contributed by atoms with E-state index in [-0.39, 0.29) is 88.5 Å². The molecule has 2 heterocycles. The van der Waals surface area contributed by atoms with Crippen LogP contribution in [-0.4, -0.2) is 135 Å². The third-order valence-corrected chi connectivity index (χ3v) is 13.8. The fraction of sp³-hybridized carbons (Fsp3) is 0.554. The molecule has 1 aliphatic heterocycles. The lowest BCUT2D eigenvalue weighted by molar-refractivity contribution is -0.174. The zero-order chi connectivity index (χ0) is 58.8. The quantitative estimate of drug-likeness (QED) is 0.0244. The van der Waals surface area contributed by atoms with Gasteiger partial charge in [-0.05, 0) is 106 Å². The zero-order valence-corrected chi connectivity index (χ0v) is 46.4. The molecule has 9 amide bonds. The van der Waals surface area contributed by atoms with E-state index in [2.05, 4.69) is 26.6 Å². The summed E-state index contributed by atoms with van der Waals surface area (Å²) >= 11 is 0. The summed E-state index contributed by atoms with van der Waals surface area (Å²) in [5.41, 5.74) is 11.7. The van der Waals surface area contributed by atoms with E-state index in [4.69, 9.17) is 11.5 Å². The molecule has 23 heteroatoms. The average Bonchev–Trinajstić information content (AvgIpc) is 3.98. The Morgan fingerprint density at radius 3 is 2.04 bits per heavy atom. The van der Waals surface area contributed by atoms with E-state index in [0.29, 0.717) is 37.1 Å². The van der Waals surface area contributed by atoms with Crippen LogP contribution in [0.5, 0.6) is 0 Å². The fourth-order valence-electron chi connectivity index (χ4n) is 9.43. The van der Waals surface area contributed by atoms with Gasteiger partial charge in [-0.1, -0.05) is 71.4 Å². The number of imide groups is 1. The topological polar surface area (TPSA) is 318 Å². The molecular weight excluding hydrogens is 1030 g/mol. The lowest BCUT2D eigenvalue weighted by Crippen LogP contribution is -2.63. The van der Waals surface area contributed by atoms with E-state index in [9.17, 15) is 57.8 Å². The van der Waals surface area contributed by atoms with Gasteiger partial charge in [-0.25, -0.2) is 18.4 Å². The van der Waals surface area contributed by atoms with Gasteiger partial charge in [0.05, 0.1) is 12.1 Å².